The highest BCUT2D eigenvalue weighted by Gasteiger charge is 2.42. The number of hydrogen-bond donors (Lipinski definition) is 2. The van der Waals surface area contributed by atoms with Crippen LogP contribution in [0.3, 0.4) is 0 Å². The first kappa shape index (κ1) is 23.1. The Bertz CT molecular complexity index is 633. The summed E-state index contributed by atoms with van der Waals surface area (Å²) >= 11 is 0. The Balaban J connectivity index is 3.38. The van der Waals surface area contributed by atoms with Crippen LogP contribution >= 0.6 is 0 Å². The average Bonchev–Trinajstić information content (AvgIpc) is 2.62. The summed E-state index contributed by atoms with van der Waals surface area (Å²) in [7, 11) is 1.44. The van der Waals surface area contributed by atoms with Crippen molar-refractivity contribution in [3.63, 3.8) is 0 Å². The van der Waals surface area contributed by atoms with Gasteiger partial charge in [-0.2, -0.15) is 0 Å². The smallest absolute Gasteiger partial charge is 0.316 e. The number of allylic oxidation sites excluding steroid dienone is 3. The van der Waals surface area contributed by atoms with E-state index in [-0.39, 0.29) is 12.3 Å². The maximum atomic E-state index is 12.7. The van der Waals surface area contributed by atoms with Gasteiger partial charge in [0, 0.05) is 6.42 Å². The van der Waals surface area contributed by atoms with Gasteiger partial charge in [0.1, 0.15) is 12.0 Å². The average molecular weight is 380 g/mol. The SMILES string of the molecule is C=C1/C=C(\C)[C@H](CC)OC(=O)[C@H](C)C(=O)C(O)(CO)C/C(OC)=C/[C@@H](C)C1. The molecule has 0 aromatic rings. The maximum absolute atomic E-state index is 12.7. The summed E-state index contributed by atoms with van der Waals surface area (Å²) < 4.78 is 10.8. The van der Waals surface area contributed by atoms with Gasteiger partial charge in [0.05, 0.1) is 19.5 Å². The Morgan fingerprint density at radius 1 is 1.37 bits per heavy atom. The van der Waals surface area contributed by atoms with Crippen LogP contribution < -0.4 is 0 Å². The summed E-state index contributed by atoms with van der Waals surface area (Å²) in [5.74, 6) is -2.33. The van der Waals surface area contributed by atoms with E-state index in [0.29, 0.717) is 18.6 Å². The van der Waals surface area contributed by atoms with E-state index < -0.39 is 36.0 Å². The summed E-state index contributed by atoms with van der Waals surface area (Å²) in [6.07, 6.45) is 4.19. The lowest BCUT2D eigenvalue weighted by atomic mass is 9.86. The number of methoxy groups -OCH3 is 1. The molecule has 1 aliphatic heterocycles. The van der Waals surface area contributed by atoms with E-state index in [0.717, 1.165) is 11.1 Å². The number of aliphatic hydroxyl groups is 2. The van der Waals surface area contributed by atoms with Gasteiger partial charge in [0.2, 0.25) is 0 Å². The van der Waals surface area contributed by atoms with Gasteiger partial charge in [0.15, 0.2) is 11.4 Å². The van der Waals surface area contributed by atoms with Crippen molar-refractivity contribution in [3.8, 4) is 0 Å². The van der Waals surface area contributed by atoms with Crippen molar-refractivity contribution in [1.29, 1.82) is 0 Å². The van der Waals surface area contributed by atoms with Crippen LogP contribution in [0.5, 0.6) is 0 Å². The van der Waals surface area contributed by atoms with Gasteiger partial charge in [-0.1, -0.05) is 32.1 Å². The quantitative estimate of drug-likeness (QED) is 0.578. The predicted octanol–water partition coefficient (Wildman–Crippen LogP) is 2.70. The Morgan fingerprint density at radius 2 is 2.00 bits per heavy atom. The molecule has 1 aliphatic rings. The fraction of sp³-hybridized carbons (Fsp3) is 0.619. The number of cyclic esters (lactones) is 1. The molecule has 4 atom stereocenters. The summed E-state index contributed by atoms with van der Waals surface area (Å²) in [6.45, 7) is 10.3. The highest BCUT2D eigenvalue weighted by molar-refractivity contribution is 6.03. The highest BCUT2D eigenvalue weighted by atomic mass is 16.5. The second-order valence-electron chi connectivity index (χ2n) is 7.35. The van der Waals surface area contributed by atoms with Gasteiger partial charge in [-0.05, 0) is 44.3 Å². The van der Waals surface area contributed by atoms with Crippen LogP contribution in [0.1, 0.15) is 47.0 Å². The Kier molecular flexibility index (Phi) is 8.44. The maximum Gasteiger partial charge on any atom is 0.316 e. The number of ketones is 1. The van der Waals surface area contributed by atoms with Crippen molar-refractivity contribution < 1.29 is 29.3 Å². The molecule has 0 aromatic carbocycles. The molecule has 0 amide bonds. The van der Waals surface area contributed by atoms with Crippen LogP contribution in [0.4, 0.5) is 0 Å². The zero-order valence-electron chi connectivity index (χ0n) is 16.9. The van der Waals surface area contributed by atoms with Crippen LogP contribution in [0.15, 0.2) is 35.6 Å². The van der Waals surface area contributed by atoms with E-state index >= 15 is 0 Å². The standard InChI is InChI=1S/C21H32O6/c1-7-18-15(4)9-13(2)8-14(3)10-17(26-6)11-21(25,12-22)19(23)16(5)20(24)27-18/h9-10,14,16,18,22,25H,2,7-8,11-12H2,1,3-6H3/b15-9+,17-10-/t14-,16+,18-,21?/m0/s1. The van der Waals surface area contributed by atoms with Crippen LogP contribution in [0.25, 0.3) is 0 Å². The number of hydrogen-bond acceptors (Lipinski definition) is 6. The van der Waals surface area contributed by atoms with Gasteiger partial charge in [0.25, 0.3) is 0 Å². The first-order valence-electron chi connectivity index (χ1n) is 9.26. The lowest BCUT2D eigenvalue weighted by molar-refractivity contribution is -0.162. The van der Waals surface area contributed by atoms with Crippen LogP contribution in [0, 0.1) is 11.8 Å². The summed E-state index contributed by atoms with van der Waals surface area (Å²) in [5, 5.41) is 20.4. The topological polar surface area (TPSA) is 93.1 Å². The number of rotatable bonds is 3. The molecular weight excluding hydrogens is 348 g/mol. The van der Waals surface area contributed by atoms with Gasteiger partial charge < -0.3 is 19.7 Å². The predicted molar refractivity (Wildman–Crippen MR) is 103 cm³/mol. The van der Waals surface area contributed by atoms with Crippen molar-refractivity contribution in [2.75, 3.05) is 13.7 Å². The lowest BCUT2D eigenvalue weighted by Crippen LogP contribution is -2.48. The van der Waals surface area contributed by atoms with E-state index in [1.54, 1.807) is 6.08 Å². The van der Waals surface area contributed by atoms with Gasteiger partial charge in [-0.3, -0.25) is 9.59 Å². The van der Waals surface area contributed by atoms with Crippen LogP contribution in [0.2, 0.25) is 0 Å². The van der Waals surface area contributed by atoms with Crippen molar-refractivity contribution in [1.82, 2.24) is 0 Å². The Morgan fingerprint density at radius 3 is 2.52 bits per heavy atom. The molecule has 1 heterocycles. The molecule has 1 unspecified atom stereocenters. The molecule has 0 bridgehead atoms. The summed E-state index contributed by atoms with van der Waals surface area (Å²) in [5.41, 5.74) is -0.402. The third-order valence-electron chi connectivity index (χ3n) is 4.82. The second kappa shape index (κ2) is 9.85. The molecule has 2 N–H and O–H groups in total. The van der Waals surface area contributed by atoms with E-state index in [2.05, 4.69) is 6.58 Å². The van der Waals surface area contributed by atoms with Gasteiger partial charge in [-0.25, -0.2) is 0 Å². The molecule has 0 radical (unpaired) electrons. The summed E-state index contributed by atoms with van der Waals surface area (Å²) in [4.78, 5) is 25.2. The zero-order chi connectivity index (χ0) is 20.8. The fourth-order valence-corrected chi connectivity index (χ4v) is 3.22. The number of Topliss-reactive ketones (excluding diaryl/α,β-unsaturated/α-hetero) is 1. The van der Waals surface area contributed by atoms with E-state index in [9.17, 15) is 19.8 Å². The second-order valence-corrected chi connectivity index (χ2v) is 7.35. The molecular formula is C21H32O6. The van der Waals surface area contributed by atoms with Crippen LogP contribution in [-0.4, -0.2) is 47.4 Å². The molecule has 152 valence electrons. The lowest BCUT2D eigenvalue weighted by Gasteiger charge is -2.29. The summed E-state index contributed by atoms with van der Waals surface area (Å²) in [6, 6.07) is 0. The first-order valence-corrected chi connectivity index (χ1v) is 9.26. The number of esters is 1. The van der Waals surface area contributed by atoms with Crippen LogP contribution in [-0.2, 0) is 19.1 Å². The molecule has 27 heavy (non-hydrogen) atoms. The molecule has 0 fully saturated rings. The van der Waals surface area contributed by atoms with E-state index in [1.165, 1.54) is 14.0 Å². The molecule has 6 heteroatoms. The molecule has 0 saturated heterocycles. The third kappa shape index (κ3) is 6.04. The molecule has 0 aliphatic carbocycles. The molecule has 6 nitrogen and oxygen atoms in total. The van der Waals surface area contributed by atoms with Crippen molar-refractivity contribution >= 4 is 11.8 Å². The number of ether oxygens (including phenoxy) is 2. The van der Waals surface area contributed by atoms with Gasteiger partial charge in [-0.15, -0.1) is 0 Å². The number of aliphatic hydroxyl groups excluding tert-OH is 1. The minimum absolute atomic E-state index is 0.0394. The first-order chi connectivity index (χ1) is 12.6. The monoisotopic (exact) mass is 380 g/mol. The van der Waals surface area contributed by atoms with Gasteiger partial charge >= 0.3 is 5.97 Å². The number of carbonyl (C=O) groups excluding carboxylic acids is 2. The third-order valence-corrected chi connectivity index (χ3v) is 4.82. The van der Waals surface area contributed by atoms with E-state index in [1.807, 2.05) is 26.8 Å². The molecule has 0 saturated carbocycles. The van der Waals surface area contributed by atoms with E-state index in [4.69, 9.17) is 9.47 Å². The Labute approximate surface area is 161 Å². The van der Waals surface area contributed by atoms with Crippen molar-refractivity contribution in [3.05, 3.63) is 35.6 Å². The minimum atomic E-state index is -2.12. The molecule has 0 spiro atoms. The Hall–Kier alpha value is -1.92. The minimum Gasteiger partial charge on any atom is -0.501 e. The number of carbonyl (C=O) groups is 2. The molecule has 1 rings (SSSR count). The fourth-order valence-electron chi connectivity index (χ4n) is 3.22. The van der Waals surface area contributed by atoms with Crippen molar-refractivity contribution in [2.45, 2.75) is 58.7 Å². The normalized spacial score (nSPS) is 35.4. The largest absolute Gasteiger partial charge is 0.501 e. The molecule has 0 aromatic heterocycles. The van der Waals surface area contributed by atoms with Crippen molar-refractivity contribution in [2.24, 2.45) is 11.8 Å². The zero-order valence-corrected chi connectivity index (χ0v) is 16.9. The highest BCUT2D eigenvalue weighted by Crippen LogP contribution is 2.27.